The predicted molar refractivity (Wildman–Crippen MR) is 90.8 cm³/mol. The van der Waals surface area contributed by atoms with Crippen LogP contribution in [0, 0.1) is 24.1 Å². The van der Waals surface area contributed by atoms with E-state index in [1.54, 1.807) is 6.92 Å². The Kier molecular flexibility index (Phi) is 4.77. The maximum absolute atomic E-state index is 14.2. The van der Waals surface area contributed by atoms with Crippen molar-refractivity contribution in [3.05, 3.63) is 53.1 Å². The summed E-state index contributed by atoms with van der Waals surface area (Å²) in [6.07, 6.45) is -3.51. The van der Waals surface area contributed by atoms with Crippen molar-refractivity contribution >= 4 is 11.6 Å². The fraction of sp³-hybridized carbons (Fsp3) is 0.222. The molecule has 1 amide bonds. The second-order valence-electron chi connectivity index (χ2n) is 6.12. The molecule has 0 aliphatic carbocycles. The molecule has 1 aromatic carbocycles. The Balaban J connectivity index is 2.09. The minimum Gasteiger partial charge on any atom is -0.340 e. The molecule has 1 unspecified atom stereocenters. The molecule has 0 bridgehead atoms. The molecule has 2 heterocycles. The number of nitriles is 1. The summed E-state index contributed by atoms with van der Waals surface area (Å²) in [5, 5.41) is 14.8. The van der Waals surface area contributed by atoms with Crippen molar-refractivity contribution in [3.63, 3.8) is 0 Å². The molecule has 6 nitrogen and oxygen atoms in total. The first-order valence-electron chi connectivity index (χ1n) is 8.05. The first-order chi connectivity index (χ1) is 13.1. The molecule has 0 aliphatic heterocycles. The maximum Gasteiger partial charge on any atom is 0.408 e. The highest BCUT2D eigenvalue weighted by atomic mass is 19.4. The lowest BCUT2D eigenvalue weighted by molar-refractivity contribution is -0.149. The third kappa shape index (κ3) is 3.51. The van der Waals surface area contributed by atoms with Gasteiger partial charge in [-0.25, -0.2) is 13.9 Å². The van der Waals surface area contributed by atoms with Crippen molar-refractivity contribution in [2.75, 3.05) is 0 Å². The van der Waals surface area contributed by atoms with Gasteiger partial charge in [0, 0.05) is 11.3 Å². The molecule has 0 spiro atoms. The molecule has 28 heavy (non-hydrogen) atoms. The SMILES string of the molecule is Cc1cc(-c2cc(C#N)ccc2F)nc2c(C(=O)NC(C)C(F)(F)F)cnn12. The number of halogens is 4. The number of benzene rings is 1. The summed E-state index contributed by atoms with van der Waals surface area (Å²) in [5.41, 5.74) is 0.631. The number of alkyl halides is 3. The number of carbonyl (C=O) groups excluding carboxylic acids is 1. The van der Waals surface area contributed by atoms with Gasteiger partial charge in [-0.2, -0.15) is 23.5 Å². The van der Waals surface area contributed by atoms with Crippen molar-refractivity contribution in [2.24, 2.45) is 0 Å². The number of amides is 1. The second kappa shape index (κ2) is 6.92. The van der Waals surface area contributed by atoms with E-state index in [0.29, 0.717) is 5.69 Å². The largest absolute Gasteiger partial charge is 0.408 e. The lowest BCUT2D eigenvalue weighted by atomic mass is 10.1. The molecule has 0 radical (unpaired) electrons. The van der Waals surface area contributed by atoms with Crippen LogP contribution in [0.3, 0.4) is 0 Å². The Hall–Kier alpha value is -3.48. The predicted octanol–water partition coefficient (Wildman–Crippen LogP) is 3.40. The summed E-state index contributed by atoms with van der Waals surface area (Å²) >= 11 is 0. The van der Waals surface area contributed by atoms with Gasteiger partial charge in [-0.15, -0.1) is 0 Å². The summed E-state index contributed by atoms with van der Waals surface area (Å²) in [6, 6.07) is 5.05. The topological polar surface area (TPSA) is 83.1 Å². The number of carbonyl (C=O) groups is 1. The normalized spacial score (nSPS) is 12.6. The van der Waals surface area contributed by atoms with Crippen LogP contribution >= 0.6 is 0 Å². The average Bonchev–Trinajstić information content (AvgIpc) is 3.06. The summed E-state index contributed by atoms with van der Waals surface area (Å²) in [5.74, 6) is -1.64. The first-order valence-corrected chi connectivity index (χ1v) is 8.05. The fourth-order valence-electron chi connectivity index (χ4n) is 2.56. The molecule has 1 atom stereocenters. The highest BCUT2D eigenvalue weighted by Gasteiger charge is 2.37. The minimum absolute atomic E-state index is 0.0244. The molecule has 2 aromatic heterocycles. The Morgan fingerprint density at radius 1 is 1.32 bits per heavy atom. The van der Waals surface area contributed by atoms with Crippen LogP contribution in [-0.4, -0.2) is 32.7 Å². The lowest BCUT2D eigenvalue weighted by Crippen LogP contribution is -2.43. The third-order valence-electron chi connectivity index (χ3n) is 4.10. The number of hydrogen-bond acceptors (Lipinski definition) is 4. The molecule has 0 fully saturated rings. The summed E-state index contributed by atoms with van der Waals surface area (Å²) in [4.78, 5) is 16.5. The zero-order valence-electron chi connectivity index (χ0n) is 14.7. The Morgan fingerprint density at radius 2 is 2.04 bits per heavy atom. The molecule has 3 aromatic rings. The molecular weight excluding hydrogens is 378 g/mol. The van der Waals surface area contributed by atoms with Crippen LogP contribution in [-0.2, 0) is 0 Å². The molecule has 144 valence electrons. The van der Waals surface area contributed by atoms with Gasteiger partial charge in [-0.1, -0.05) is 0 Å². The van der Waals surface area contributed by atoms with Gasteiger partial charge in [-0.05, 0) is 38.1 Å². The van der Waals surface area contributed by atoms with E-state index in [4.69, 9.17) is 5.26 Å². The molecule has 3 rings (SSSR count). The molecule has 0 saturated carbocycles. The third-order valence-corrected chi connectivity index (χ3v) is 4.10. The Labute approximate surface area is 156 Å². The number of nitrogens with zero attached hydrogens (tertiary/aromatic N) is 4. The van der Waals surface area contributed by atoms with E-state index in [1.807, 2.05) is 11.4 Å². The molecular formula is C18H13F4N5O. The van der Waals surface area contributed by atoms with E-state index < -0.39 is 23.9 Å². The van der Waals surface area contributed by atoms with E-state index in [0.717, 1.165) is 19.2 Å². The lowest BCUT2D eigenvalue weighted by Gasteiger charge is -2.16. The van der Waals surface area contributed by atoms with Crippen LogP contribution < -0.4 is 5.32 Å². The van der Waals surface area contributed by atoms with Crippen molar-refractivity contribution < 1.29 is 22.4 Å². The molecule has 10 heteroatoms. The van der Waals surface area contributed by atoms with E-state index in [9.17, 15) is 22.4 Å². The highest BCUT2D eigenvalue weighted by Crippen LogP contribution is 2.25. The van der Waals surface area contributed by atoms with Crippen LogP contribution in [0.25, 0.3) is 16.9 Å². The number of rotatable bonds is 3. The molecule has 0 saturated heterocycles. The van der Waals surface area contributed by atoms with Gasteiger partial charge < -0.3 is 5.32 Å². The Bertz CT molecular complexity index is 1110. The molecule has 1 N–H and O–H groups in total. The van der Waals surface area contributed by atoms with Gasteiger partial charge >= 0.3 is 6.18 Å². The second-order valence-corrected chi connectivity index (χ2v) is 6.12. The highest BCUT2D eigenvalue weighted by molar-refractivity contribution is 6.00. The fourth-order valence-corrected chi connectivity index (χ4v) is 2.56. The average molecular weight is 391 g/mol. The van der Waals surface area contributed by atoms with E-state index in [1.165, 1.54) is 22.7 Å². The van der Waals surface area contributed by atoms with Gasteiger partial charge in [-0.3, -0.25) is 4.79 Å². The van der Waals surface area contributed by atoms with Crippen molar-refractivity contribution in [2.45, 2.75) is 26.1 Å². The van der Waals surface area contributed by atoms with Crippen LogP contribution in [0.15, 0.2) is 30.5 Å². The van der Waals surface area contributed by atoms with E-state index in [-0.39, 0.29) is 28.0 Å². The smallest absolute Gasteiger partial charge is 0.340 e. The van der Waals surface area contributed by atoms with E-state index >= 15 is 0 Å². The first kappa shape index (κ1) is 19.3. The maximum atomic E-state index is 14.2. The Morgan fingerprint density at radius 3 is 2.68 bits per heavy atom. The van der Waals surface area contributed by atoms with Gasteiger partial charge in [0.25, 0.3) is 5.91 Å². The van der Waals surface area contributed by atoms with Crippen LogP contribution in [0.4, 0.5) is 17.6 Å². The van der Waals surface area contributed by atoms with Gasteiger partial charge in [0.05, 0.1) is 23.5 Å². The number of aromatic nitrogens is 3. The minimum atomic E-state index is -4.60. The van der Waals surface area contributed by atoms with E-state index in [2.05, 4.69) is 10.1 Å². The number of aryl methyl sites for hydroxylation is 1. The van der Waals surface area contributed by atoms with Gasteiger partial charge in [0.15, 0.2) is 5.65 Å². The van der Waals surface area contributed by atoms with Crippen LogP contribution in [0.2, 0.25) is 0 Å². The number of fused-ring (bicyclic) bond motifs is 1. The number of nitrogens with one attached hydrogen (secondary N) is 1. The zero-order chi connectivity index (χ0) is 20.6. The van der Waals surface area contributed by atoms with Crippen LogP contribution in [0.5, 0.6) is 0 Å². The van der Waals surface area contributed by atoms with Crippen molar-refractivity contribution in [3.8, 4) is 17.3 Å². The summed E-state index contributed by atoms with van der Waals surface area (Å²) in [7, 11) is 0. The standard InChI is InChI=1S/C18H13F4N5O/c1-9-5-15(12-6-11(7-23)3-4-14(12)19)26-16-13(8-24-27(9)16)17(28)25-10(2)18(20,21)22/h3-6,8,10H,1-2H3,(H,25,28). The monoisotopic (exact) mass is 391 g/mol. The number of hydrogen-bond donors (Lipinski definition) is 1. The molecule has 0 aliphatic rings. The quantitative estimate of drug-likeness (QED) is 0.694. The van der Waals surface area contributed by atoms with Crippen molar-refractivity contribution in [1.29, 1.82) is 5.26 Å². The van der Waals surface area contributed by atoms with Crippen LogP contribution in [0.1, 0.15) is 28.5 Å². The van der Waals surface area contributed by atoms with Gasteiger partial charge in [0.1, 0.15) is 17.4 Å². The summed E-state index contributed by atoms with van der Waals surface area (Å²) < 4.78 is 53.6. The van der Waals surface area contributed by atoms with Crippen molar-refractivity contribution in [1.82, 2.24) is 19.9 Å². The zero-order valence-corrected chi connectivity index (χ0v) is 14.7. The van der Waals surface area contributed by atoms with Gasteiger partial charge in [0.2, 0.25) is 0 Å². The summed E-state index contributed by atoms with van der Waals surface area (Å²) in [6.45, 7) is 2.44.